The standard InChI is InChI=1S/C10H15O3PS/c1-3-11-14(15,12-4-2)13-10-8-6-5-7-9-10/h5-9H,3-4H2,1-2H3. The van der Waals surface area contributed by atoms with Gasteiger partial charge in [-0.05, 0) is 26.0 Å². The molecule has 1 rings (SSSR count). The molecule has 0 spiro atoms. The molecule has 0 bridgehead atoms. The summed E-state index contributed by atoms with van der Waals surface area (Å²) in [5, 5.41) is 0. The first kappa shape index (κ1) is 12.7. The maximum absolute atomic E-state index is 5.56. The smallest absolute Gasteiger partial charge is 0.380 e. The Hall–Kier alpha value is -0.410. The first-order valence-electron chi connectivity index (χ1n) is 4.84. The maximum atomic E-state index is 5.56. The van der Waals surface area contributed by atoms with Crippen molar-refractivity contribution in [3.8, 4) is 5.75 Å². The molecule has 0 heterocycles. The molecule has 0 aliphatic rings. The second kappa shape index (κ2) is 6.23. The van der Waals surface area contributed by atoms with E-state index in [0.717, 1.165) is 0 Å². The lowest BCUT2D eigenvalue weighted by Gasteiger charge is -2.20. The van der Waals surface area contributed by atoms with Crippen molar-refractivity contribution in [2.75, 3.05) is 13.2 Å². The van der Waals surface area contributed by atoms with E-state index in [-0.39, 0.29) is 0 Å². The molecule has 0 saturated carbocycles. The van der Waals surface area contributed by atoms with Gasteiger partial charge >= 0.3 is 6.72 Å². The molecule has 15 heavy (non-hydrogen) atoms. The van der Waals surface area contributed by atoms with Crippen LogP contribution in [0.5, 0.6) is 5.75 Å². The quantitative estimate of drug-likeness (QED) is 0.719. The Morgan fingerprint density at radius 3 is 2.07 bits per heavy atom. The Labute approximate surface area is 95.6 Å². The maximum Gasteiger partial charge on any atom is 0.380 e. The van der Waals surface area contributed by atoms with Gasteiger partial charge in [0.2, 0.25) is 0 Å². The number of benzene rings is 1. The number of rotatable bonds is 6. The molecular formula is C10H15O3PS. The van der Waals surface area contributed by atoms with Crippen molar-refractivity contribution in [2.24, 2.45) is 0 Å². The van der Waals surface area contributed by atoms with Crippen LogP contribution in [0.4, 0.5) is 0 Å². The molecule has 1 aromatic rings. The van der Waals surface area contributed by atoms with Crippen LogP contribution in [0.25, 0.3) is 0 Å². The first-order chi connectivity index (χ1) is 7.20. The fraction of sp³-hybridized carbons (Fsp3) is 0.400. The highest BCUT2D eigenvalue weighted by Crippen LogP contribution is 2.49. The van der Waals surface area contributed by atoms with E-state index in [1.54, 1.807) is 0 Å². The molecule has 0 fully saturated rings. The minimum atomic E-state index is -2.61. The van der Waals surface area contributed by atoms with E-state index in [2.05, 4.69) is 0 Å². The van der Waals surface area contributed by atoms with Gasteiger partial charge in [-0.1, -0.05) is 18.2 Å². The minimum Gasteiger partial charge on any atom is -0.424 e. The normalized spacial score (nSPS) is 11.3. The van der Waals surface area contributed by atoms with Crippen molar-refractivity contribution >= 4 is 18.5 Å². The van der Waals surface area contributed by atoms with Crippen molar-refractivity contribution in [1.82, 2.24) is 0 Å². The Bertz CT molecular complexity index is 319. The molecule has 0 aliphatic carbocycles. The molecule has 1 aromatic carbocycles. The van der Waals surface area contributed by atoms with E-state index in [1.807, 2.05) is 44.2 Å². The molecule has 84 valence electrons. The van der Waals surface area contributed by atoms with E-state index >= 15 is 0 Å². The van der Waals surface area contributed by atoms with Crippen LogP contribution >= 0.6 is 6.72 Å². The van der Waals surface area contributed by atoms with Crippen molar-refractivity contribution < 1.29 is 13.6 Å². The van der Waals surface area contributed by atoms with Crippen molar-refractivity contribution in [3.63, 3.8) is 0 Å². The van der Waals surface area contributed by atoms with Gasteiger partial charge in [-0.15, -0.1) is 0 Å². The van der Waals surface area contributed by atoms with Gasteiger partial charge in [-0.2, -0.15) is 0 Å². The second-order valence-electron chi connectivity index (χ2n) is 2.69. The summed E-state index contributed by atoms with van der Waals surface area (Å²) in [7, 11) is 0. The molecule has 0 atom stereocenters. The van der Waals surface area contributed by atoms with Crippen LogP contribution in [-0.4, -0.2) is 13.2 Å². The lowest BCUT2D eigenvalue weighted by molar-refractivity contribution is 0.218. The zero-order valence-corrected chi connectivity index (χ0v) is 10.6. The highest BCUT2D eigenvalue weighted by atomic mass is 32.5. The van der Waals surface area contributed by atoms with Crippen LogP contribution in [-0.2, 0) is 20.9 Å². The highest BCUT2D eigenvalue weighted by Gasteiger charge is 2.20. The lowest BCUT2D eigenvalue weighted by atomic mass is 10.3. The Kier molecular flexibility index (Phi) is 5.26. The van der Waals surface area contributed by atoms with E-state index < -0.39 is 6.72 Å². The third-order valence-electron chi connectivity index (χ3n) is 1.53. The van der Waals surface area contributed by atoms with Gasteiger partial charge in [0.05, 0.1) is 13.2 Å². The molecular weight excluding hydrogens is 231 g/mol. The fourth-order valence-electron chi connectivity index (χ4n) is 1.02. The molecule has 0 N–H and O–H groups in total. The second-order valence-corrected chi connectivity index (χ2v) is 5.62. The topological polar surface area (TPSA) is 27.7 Å². The van der Waals surface area contributed by atoms with Gasteiger partial charge in [0.15, 0.2) is 0 Å². The van der Waals surface area contributed by atoms with Crippen LogP contribution in [0.3, 0.4) is 0 Å². The first-order valence-corrected chi connectivity index (χ1v) is 7.39. The average molecular weight is 246 g/mol. The van der Waals surface area contributed by atoms with Gasteiger partial charge in [-0.3, -0.25) is 9.05 Å². The number of para-hydroxylation sites is 1. The van der Waals surface area contributed by atoms with Crippen LogP contribution in [0, 0.1) is 0 Å². The summed E-state index contributed by atoms with van der Waals surface area (Å²) in [4.78, 5) is 0. The Morgan fingerprint density at radius 1 is 1.07 bits per heavy atom. The summed E-state index contributed by atoms with van der Waals surface area (Å²) >= 11 is 5.23. The van der Waals surface area contributed by atoms with Crippen LogP contribution in [0.15, 0.2) is 30.3 Å². The average Bonchev–Trinajstić information content (AvgIpc) is 2.19. The number of hydrogen-bond acceptors (Lipinski definition) is 4. The van der Waals surface area contributed by atoms with Crippen molar-refractivity contribution in [2.45, 2.75) is 13.8 Å². The predicted octanol–water partition coefficient (Wildman–Crippen LogP) is 3.36. The third-order valence-corrected chi connectivity index (χ3v) is 3.97. The molecule has 0 saturated heterocycles. The predicted molar refractivity (Wildman–Crippen MR) is 64.6 cm³/mol. The summed E-state index contributed by atoms with van der Waals surface area (Å²) in [5.41, 5.74) is 0. The Morgan fingerprint density at radius 2 is 1.60 bits per heavy atom. The third kappa shape index (κ3) is 4.31. The molecule has 5 heteroatoms. The zero-order valence-electron chi connectivity index (χ0n) is 8.88. The van der Waals surface area contributed by atoms with Gasteiger partial charge in [0.1, 0.15) is 5.75 Å². The molecule has 0 aromatic heterocycles. The molecule has 3 nitrogen and oxygen atoms in total. The summed E-state index contributed by atoms with van der Waals surface area (Å²) < 4.78 is 16.3. The summed E-state index contributed by atoms with van der Waals surface area (Å²) in [5.74, 6) is 0.683. The van der Waals surface area contributed by atoms with Crippen molar-refractivity contribution in [1.29, 1.82) is 0 Å². The van der Waals surface area contributed by atoms with Gasteiger partial charge in [0.25, 0.3) is 0 Å². The number of hydrogen-bond donors (Lipinski definition) is 0. The monoisotopic (exact) mass is 246 g/mol. The molecule has 0 radical (unpaired) electrons. The van der Waals surface area contributed by atoms with Gasteiger partial charge in [-0.25, -0.2) is 0 Å². The summed E-state index contributed by atoms with van der Waals surface area (Å²) in [6.07, 6.45) is 0. The van der Waals surface area contributed by atoms with Crippen LogP contribution < -0.4 is 4.52 Å². The molecule has 0 aliphatic heterocycles. The Balaban J connectivity index is 2.71. The summed E-state index contributed by atoms with van der Waals surface area (Å²) in [6.45, 7) is 2.11. The molecule has 0 amide bonds. The fourth-order valence-corrected chi connectivity index (χ4v) is 3.10. The molecule has 0 unspecified atom stereocenters. The lowest BCUT2D eigenvalue weighted by Crippen LogP contribution is -2.01. The van der Waals surface area contributed by atoms with E-state index in [0.29, 0.717) is 19.0 Å². The van der Waals surface area contributed by atoms with Gasteiger partial charge < -0.3 is 4.52 Å². The van der Waals surface area contributed by atoms with E-state index in [1.165, 1.54) is 0 Å². The van der Waals surface area contributed by atoms with Gasteiger partial charge in [0, 0.05) is 11.8 Å². The SMILES string of the molecule is CCOP(=S)(OCC)Oc1ccccc1. The van der Waals surface area contributed by atoms with E-state index in [4.69, 9.17) is 25.4 Å². The van der Waals surface area contributed by atoms with Crippen LogP contribution in [0.2, 0.25) is 0 Å². The summed E-state index contributed by atoms with van der Waals surface area (Å²) in [6, 6.07) is 9.34. The zero-order chi connectivity index (χ0) is 11.1. The minimum absolute atomic E-state index is 0.490. The van der Waals surface area contributed by atoms with E-state index in [9.17, 15) is 0 Å². The largest absolute Gasteiger partial charge is 0.424 e. The van der Waals surface area contributed by atoms with Crippen LogP contribution in [0.1, 0.15) is 13.8 Å². The highest BCUT2D eigenvalue weighted by molar-refractivity contribution is 8.07. The van der Waals surface area contributed by atoms with Crippen molar-refractivity contribution in [3.05, 3.63) is 30.3 Å².